The van der Waals surface area contributed by atoms with E-state index in [4.69, 9.17) is 10.5 Å². The predicted octanol–water partition coefficient (Wildman–Crippen LogP) is 1.74. The molecule has 0 atom stereocenters. The number of aromatic nitrogens is 3. The maximum absolute atomic E-state index is 5.60. The Balaban J connectivity index is 2.80. The van der Waals surface area contributed by atoms with Crippen molar-refractivity contribution in [2.24, 2.45) is 0 Å². The smallest absolute Gasteiger partial charge is 0.224 e. The first kappa shape index (κ1) is 10.6. The van der Waals surface area contributed by atoms with E-state index in [-0.39, 0.29) is 5.95 Å². The number of nitrogens with two attached hydrogens (primary N) is 1. The molecule has 0 saturated carbocycles. The van der Waals surface area contributed by atoms with Crippen molar-refractivity contribution < 1.29 is 4.74 Å². The highest BCUT2D eigenvalue weighted by molar-refractivity contribution is 5.86. The number of nitrogens with zero attached hydrogens (tertiary/aromatic N) is 3. The molecule has 0 radical (unpaired) electrons. The highest BCUT2D eigenvalue weighted by Crippen LogP contribution is 2.28. The van der Waals surface area contributed by atoms with Gasteiger partial charge in [-0.25, -0.2) is 15.0 Å². The van der Waals surface area contributed by atoms with Gasteiger partial charge in [-0.05, 0) is 11.5 Å². The van der Waals surface area contributed by atoms with Crippen LogP contribution in [0.15, 0.2) is 12.4 Å². The van der Waals surface area contributed by atoms with Crippen molar-refractivity contribution in [1.29, 1.82) is 0 Å². The van der Waals surface area contributed by atoms with E-state index in [9.17, 15) is 0 Å². The molecule has 0 bridgehead atoms. The average molecular weight is 218 g/mol. The Morgan fingerprint density at radius 2 is 2.00 bits per heavy atom. The summed E-state index contributed by atoms with van der Waals surface area (Å²) in [6.07, 6.45) is 3.42. The van der Waals surface area contributed by atoms with E-state index in [1.54, 1.807) is 19.5 Å². The van der Waals surface area contributed by atoms with Gasteiger partial charge in [0, 0.05) is 12.4 Å². The van der Waals surface area contributed by atoms with Crippen molar-refractivity contribution >= 4 is 16.9 Å². The molecular weight excluding hydrogens is 204 g/mol. The first-order chi connectivity index (χ1) is 7.63. The van der Waals surface area contributed by atoms with Gasteiger partial charge >= 0.3 is 0 Å². The molecule has 0 amide bonds. The van der Waals surface area contributed by atoms with Crippen molar-refractivity contribution in [3.05, 3.63) is 18.0 Å². The van der Waals surface area contributed by atoms with Crippen LogP contribution in [0.3, 0.4) is 0 Å². The molecule has 2 heterocycles. The zero-order valence-corrected chi connectivity index (χ0v) is 9.56. The molecule has 2 aromatic rings. The minimum Gasteiger partial charge on any atom is -0.480 e. The highest BCUT2D eigenvalue weighted by atomic mass is 16.5. The van der Waals surface area contributed by atoms with Crippen LogP contribution in [0.4, 0.5) is 5.95 Å². The third-order valence-electron chi connectivity index (χ3n) is 2.45. The molecule has 0 unspecified atom stereocenters. The van der Waals surface area contributed by atoms with Crippen LogP contribution in [0.1, 0.15) is 25.3 Å². The van der Waals surface area contributed by atoms with Crippen LogP contribution >= 0.6 is 0 Å². The van der Waals surface area contributed by atoms with E-state index in [0.717, 1.165) is 16.5 Å². The zero-order chi connectivity index (χ0) is 11.7. The van der Waals surface area contributed by atoms with Gasteiger partial charge in [-0.15, -0.1) is 0 Å². The normalized spacial score (nSPS) is 11.0. The number of pyridine rings is 1. The van der Waals surface area contributed by atoms with Crippen LogP contribution in [-0.4, -0.2) is 22.1 Å². The summed E-state index contributed by atoms with van der Waals surface area (Å²) >= 11 is 0. The van der Waals surface area contributed by atoms with E-state index < -0.39 is 0 Å². The molecule has 5 heteroatoms. The first-order valence-corrected chi connectivity index (χ1v) is 5.08. The van der Waals surface area contributed by atoms with Gasteiger partial charge in [-0.2, -0.15) is 0 Å². The fraction of sp³-hybridized carbons (Fsp3) is 0.364. The molecule has 0 aliphatic rings. The standard InChI is InChI=1S/C11H14N4O/c1-6(2)7-4-13-10(16-3)8-5-14-11(12)15-9(7)8/h4-6H,1-3H3,(H2,12,14,15). The van der Waals surface area contributed by atoms with Gasteiger partial charge in [0.15, 0.2) is 0 Å². The number of ether oxygens (including phenoxy) is 1. The Morgan fingerprint density at radius 1 is 1.25 bits per heavy atom. The van der Waals surface area contributed by atoms with Gasteiger partial charge in [-0.1, -0.05) is 13.8 Å². The van der Waals surface area contributed by atoms with Crippen LogP contribution in [0.25, 0.3) is 10.9 Å². The number of hydrogen-bond acceptors (Lipinski definition) is 5. The first-order valence-electron chi connectivity index (χ1n) is 5.08. The van der Waals surface area contributed by atoms with Gasteiger partial charge in [0.05, 0.1) is 18.0 Å². The summed E-state index contributed by atoms with van der Waals surface area (Å²) in [4.78, 5) is 12.4. The molecule has 0 aromatic carbocycles. The molecule has 84 valence electrons. The lowest BCUT2D eigenvalue weighted by molar-refractivity contribution is 0.403. The van der Waals surface area contributed by atoms with Gasteiger partial charge in [0.1, 0.15) is 0 Å². The fourth-order valence-corrected chi connectivity index (χ4v) is 1.62. The minimum atomic E-state index is 0.266. The second-order valence-corrected chi connectivity index (χ2v) is 3.87. The molecule has 0 saturated heterocycles. The minimum absolute atomic E-state index is 0.266. The third kappa shape index (κ3) is 1.64. The molecule has 2 N–H and O–H groups in total. The van der Waals surface area contributed by atoms with Crippen molar-refractivity contribution in [3.8, 4) is 5.88 Å². The van der Waals surface area contributed by atoms with Gasteiger partial charge < -0.3 is 10.5 Å². The summed E-state index contributed by atoms with van der Waals surface area (Å²) in [5, 5.41) is 0.794. The Hall–Kier alpha value is -1.91. The fourth-order valence-electron chi connectivity index (χ4n) is 1.62. The number of nitrogen functional groups attached to an aromatic ring is 1. The maximum atomic E-state index is 5.60. The predicted molar refractivity (Wildman–Crippen MR) is 62.4 cm³/mol. The number of anilines is 1. The molecule has 2 rings (SSSR count). The number of rotatable bonds is 2. The second kappa shape index (κ2) is 3.92. The van der Waals surface area contributed by atoms with Crippen molar-refractivity contribution in [1.82, 2.24) is 15.0 Å². The quantitative estimate of drug-likeness (QED) is 0.831. The van der Waals surface area contributed by atoms with E-state index in [2.05, 4.69) is 28.8 Å². The van der Waals surface area contributed by atoms with Crippen LogP contribution in [0, 0.1) is 0 Å². The van der Waals surface area contributed by atoms with Crippen LogP contribution in [0.2, 0.25) is 0 Å². The SMILES string of the molecule is COc1ncc(C(C)C)c2nc(N)ncc12. The van der Waals surface area contributed by atoms with E-state index >= 15 is 0 Å². The monoisotopic (exact) mass is 218 g/mol. The van der Waals surface area contributed by atoms with Crippen LogP contribution < -0.4 is 10.5 Å². The zero-order valence-electron chi connectivity index (χ0n) is 9.56. The molecule has 0 spiro atoms. The lowest BCUT2D eigenvalue weighted by Crippen LogP contribution is -2.01. The summed E-state index contributed by atoms with van der Waals surface area (Å²) in [6, 6.07) is 0. The number of fused-ring (bicyclic) bond motifs is 1. The van der Waals surface area contributed by atoms with Crippen LogP contribution in [0.5, 0.6) is 5.88 Å². The molecule has 16 heavy (non-hydrogen) atoms. The average Bonchev–Trinajstić information content (AvgIpc) is 2.26. The van der Waals surface area contributed by atoms with E-state index in [0.29, 0.717) is 11.8 Å². The number of hydrogen-bond donors (Lipinski definition) is 1. The van der Waals surface area contributed by atoms with E-state index in [1.807, 2.05) is 0 Å². The molecule has 0 aliphatic carbocycles. The Kier molecular flexibility index (Phi) is 2.60. The second-order valence-electron chi connectivity index (χ2n) is 3.87. The van der Waals surface area contributed by atoms with Crippen molar-refractivity contribution in [3.63, 3.8) is 0 Å². The third-order valence-corrected chi connectivity index (χ3v) is 2.45. The maximum Gasteiger partial charge on any atom is 0.224 e. The summed E-state index contributed by atoms with van der Waals surface area (Å²) in [6.45, 7) is 4.17. The molecular formula is C11H14N4O. The molecule has 5 nitrogen and oxygen atoms in total. The Bertz CT molecular complexity index is 525. The van der Waals surface area contributed by atoms with Crippen molar-refractivity contribution in [2.45, 2.75) is 19.8 Å². The summed E-state index contributed by atoms with van der Waals surface area (Å²) in [7, 11) is 1.58. The lowest BCUT2D eigenvalue weighted by Gasteiger charge is -2.10. The molecule has 0 fully saturated rings. The van der Waals surface area contributed by atoms with Gasteiger partial charge in [0.25, 0.3) is 0 Å². The Morgan fingerprint density at radius 3 is 2.62 bits per heavy atom. The van der Waals surface area contributed by atoms with E-state index in [1.165, 1.54) is 0 Å². The molecule has 2 aromatic heterocycles. The molecule has 0 aliphatic heterocycles. The largest absolute Gasteiger partial charge is 0.480 e. The number of methoxy groups -OCH3 is 1. The Labute approximate surface area is 93.7 Å². The lowest BCUT2D eigenvalue weighted by atomic mass is 10.0. The van der Waals surface area contributed by atoms with Crippen molar-refractivity contribution in [2.75, 3.05) is 12.8 Å². The highest BCUT2D eigenvalue weighted by Gasteiger charge is 2.12. The topological polar surface area (TPSA) is 73.9 Å². The summed E-state index contributed by atoms with van der Waals surface area (Å²) in [5.74, 6) is 1.12. The summed E-state index contributed by atoms with van der Waals surface area (Å²) in [5.41, 5.74) is 7.46. The van der Waals surface area contributed by atoms with Gasteiger partial charge in [-0.3, -0.25) is 0 Å². The van der Waals surface area contributed by atoms with Gasteiger partial charge in [0.2, 0.25) is 11.8 Å². The van der Waals surface area contributed by atoms with Crippen LogP contribution in [-0.2, 0) is 0 Å². The summed E-state index contributed by atoms with van der Waals surface area (Å²) < 4.78 is 5.17.